The zero-order valence-corrected chi connectivity index (χ0v) is 15.7. The van der Waals surface area contributed by atoms with E-state index in [1.807, 2.05) is 0 Å². The maximum absolute atomic E-state index is 4.00. The Morgan fingerprint density at radius 3 is 2.36 bits per heavy atom. The number of rotatable bonds is 3. The molecule has 2 nitrogen and oxygen atoms in total. The third-order valence-electron chi connectivity index (χ3n) is 4.80. The average Bonchev–Trinajstić information content (AvgIpc) is 3.03. The molecular formula is C19H30N2Si. The molecule has 0 spiro atoms. The van der Waals surface area contributed by atoms with Gasteiger partial charge in [0.2, 0.25) is 0 Å². The minimum atomic E-state index is -1.65. The van der Waals surface area contributed by atoms with E-state index in [1.54, 1.807) is 5.70 Å². The van der Waals surface area contributed by atoms with Crippen molar-refractivity contribution in [1.82, 2.24) is 9.88 Å². The number of hydrogen-bond donors (Lipinski definition) is 1. The highest BCUT2D eigenvalue weighted by atomic mass is 28.3. The SMILES string of the molecule is CC(C)(C)N[Si](C)(C)C1C(N2CCCC2)=Cc2ccccc21. The van der Waals surface area contributed by atoms with Crippen LogP contribution in [0.15, 0.2) is 30.0 Å². The Labute approximate surface area is 136 Å². The Morgan fingerprint density at radius 1 is 1.09 bits per heavy atom. The van der Waals surface area contributed by atoms with Crippen LogP contribution in [-0.4, -0.2) is 31.8 Å². The minimum absolute atomic E-state index is 0.170. The molecular weight excluding hydrogens is 284 g/mol. The maximum Gasteiger partial charge on any atom is 0.133 e. The Balaban J connectivity index is 1.99. The predicted octanol–water partition coefficient (Wildman–Crippen LogP) is 4.35. The highest BCUT2D eigenvalue weighted by Gasteiger charge is 2.43. The van der Waals surface area contributed by atoms with Crippen LogP contribution in [0.25, 0.3) is 6.08 Å². The standard InChI is InChI=1S/C19H30N2Si/c1-19(2,3)20-22(4,5)18-16-11-7-6-10-15(16)14-17(18)21-12-8-9-13-21/h6-7,10-11,14,18,20H,8-9,12-13H2,1-5H3. The smallest absolute Gasteiger partial charge is 0.133 e. The topological polar surface area (TPSA) is 15.3 Å². The van der Waals surface area contributed by atoms with E-state index < -0.39 is 8.24 Å². The van der Waals surface area contributed by atoms with Gasteiger partial charge in [0.05, 0.1) is 0 Å². The summed E-state index contributed by atoms with van der Waals surface area (Å²) >= 11 is 0. The van der Waals surface area contributed by atoms with E-state index in [4.69, 9.17) is 0 Å². The lowest BCUT2D eigenvalue weighted by atomic mass is 10.1. The van der Waals surface area contributed by atoms with Gasteiger partial charge in [-0.25, -0.2) is 0 Å². The Kier molecular flexibility index (Phi) is 3.98. The van der Waals surface area contributed by atoms with Gasteiger partial charge < -0.3 is 9.88 Å². The molecule has 0 saturated carbocycles. The predicted molar refractivity (Wildman–Crippen MR) is 98.3 cm³/mol. The first-order valence-electron chi connectivity index (χ1n) is 8.63. The van der Waals surface area contributed by atoms with Gasteiger partial charge in [0.15, 0.2) is 0 Å². The summed E-state index contributed by atoms with van der Waals surface area (Å²) in [6, 6.07) is 9.00. The molecule has 120 valence electrons. The van der Waals surface area contributed by atoms with Crippen molar-refractivity contribution in [2.45, 2.75) is 57.8 Å². The summed E-state index contributed by atoms with van der Waals surface area (Å²) in [5, 5.41) is 0. The highest BCUT2D eigenvalue weighted by molar-refractivity contribution is 6.77. The van der Waals surface area contributed by atoms with Crippen LogP contribution in [0.3, 0.4) is 0 Å². The molecule has 0 bridgehead atoms. The van der Waals surface area contributed by atoms with Gasteiger partial charge in [0, 0.05) is 29.9 Å². The number of nitrogens with one attached hydrogen (secondary N) is 1. The monoisotopic (exact) mass is 314 g/mol. The van der Waals surface area contributed by atoms with Crippen molar-refractivity contribution in [3.8, 4) is 0 Å². The van der Waals surface area contributed by atoms with Crippen LogP contribution < -0.4 is 4.98 Å². The summed E-state index contributed by atoms with van der Waals surface area (Å²) in [7, 11) is -1.65. The van der Waals surface area contributed by atoms with Gasteiger partial charge in [-0.1, -0.05) is 37.4 Å². The largest absolute Gasteiger partial charge is 0.375 e. The molecule has 3 heteroatoms. The number of hydrogen-bond acceptors (Lipinski definition) is 2. The van der Waals surface area contributed by atoms with Crippen molar-refractivity contribution in [3.63, 3.8) is 0 Å². The van der Waals surface area contributed by atoms with E-state index in [-0.39, 0.29) is 5.54 Å². The summed E-state index contributed by atoms with van der Waals surface area (Å²) in [6.07, 6.45) is 5.15. The van der Waals surface area contributed by atoms with Crippen LogP contribution in [0, 0.1) is 0 Å². The number of allylic oxidation sites excluding steroid dienone is 1. The summed E-state index contributed by atoms with van der Waals surface area (Å²) in [4.78, 5) is 6.65. The Morgan fingerprint density at radius 2 is 1.73 bits per heavy atom. The average molecular weight is 315 g/mol. The molecule has 1 aromatic carbocycles. The molecule has 1 unspecified atom stereocenters. The minimum Gasteiger partial charge on any atom is -0.375 e. The molecule has 1 fully saturated rings. The van der Waals surface area contributed by atoms with Crippen LogP contribution in [0.1, 0.15) is 50.3 Å². The molecule has 1 N–H and O–H groups in total. The Hall–Kier alpha value is -1.06. The van der Waals surface area contributed by atoms with Crippen molar-refractivity contribution in [1.29, 1.82) is 0 Å². The van der Waals surface area contributed by atoms with Gasteiger partial charge in [0.25, 0.3) is 0 Å². The first kappa shape index (κ1) is 15.8. The molecule has 0 radical (unpaired) electrons. The second-order valence-electron chi connectivity index (χ2n) is 8.42. The fourth-order valence-electron chi connectivity index (χ4n) is 4.35. The van der Waals surface area contributed by atoms with E-state index in [9.17, 15) is 0 Å². The Bertz CT molecular complexity index is 577. The van der Waals surface area contributed by atoms with E-state index in [1.165, 1.54) is 37.1 Å². The number of likely N-dealkylation sites (tertiary alicyclic amines) is 1. The van der Waals surface area contributed by atoms with Gasteiger partial charge in [0.1, 0.15) is 8.24 Å². The lowest BCUT2D eigenvalue weighted by Crippen LogP contribution is -2.58. The molecule has 22 heavy (non-hydrogen) atoms. The number of nitrogens with zero attached hydrogens (tertiary/aromatic N) is 1. The summed E-state index contributed by atoms with van der Waals surface area (Å²) in [5.74, 6) is 0. The molecule has 1 aromatic rings. The van der Waals surface area contributed by atoms with Gasteiger partial charge in [-0.15, -0.1) is 0 Å². The van der Waals surface area contributed by atoms with Gasteiger partial charge >= 0.3 is 0 Å². The number of benzene rings is 1. The molecule has 3 rings (SSSR count). The van der Waals surface area contributed by atoms with Crippen molar-refractivity contribution in [3.05, 3.63) is 41.1 Å². The zero-order chi connectivity index (χ0) is 16.0. The molecule has 0 amide bonds. The third-order valence-corrected chi connectivity index (χ3v) is 8.24. The first-order valence-corrected chi connectivity index (χ1v) is 11.7. The molecule has 1 atom stereocenters. The summed E-state index contributed by atoms with van der Waals surface area (Å²) < 4.78 is 0. The van der Waals surface area contributed by atoms with E-state index >= 15 is 0 Å². The van der Waals surface area contributed by atoms with Crippen LogP contribution in [0.5, 0.6) is 0 Å². The lowest BCUT2D eigenvalue weighted by molar-refractivity contribution is 0.413. The van der Waals surface area contributed by atoms with Gasteiger partial charge in [-0.3, -0.25) is 0 Å². The fraction of sp³-hybridized carbons (Fsp3) is 0.579. The van der Waals surface area contributed by atoms with Crippen LogP contribution in [0.4, 0.5) is 0 Å². The highest BCUT2D eigenvalue weighted by Crippen LogP contribution is 2.44. The second-order valence-corrected chi connectivity index (χ2v) is 12.7. The van der Waals surface area contributed by atoms with Crippen molar-refractivity contribution in [2.75, 3.05) is 13.1 Å². The van der Waals surface area contributed by atoms with Crippen molar-refractivity contribution < 1.29 is 0 Å². The molecule has 1 aliphatic carbocycles. The molecule has 1 aliphatic heterocycles. The molecule has 0 aromatic heterocycles. The van der Waals surface area contributed by atoms with E-state index in [0.717, 1.165) is 0 Å². The first-order chi connectivity index (χ1) is 10.3. The number of fused-ring (bicyclic) bond motifs is 1. The van der Waals surface area contributed by atoms with Gasteiger partial charge in [-0.2, -0.15) is 0 Å². The van der Waals surface area contributed by atoms with E-state index in [0.29, 0.717) is 5.54 Å². The summed E-state index contributed by atoms with van der Waals surface area (Å²) in [6.45, 7) is 14.3. The summed E-state index contributed by atoms with van der Waals surface area (Å²) in [5.41, 5.74) is 5.29. The quantitative estimate of drug-likeness (QED) is 0.834. The van der Waals surface area contributed by atoms with Crippen molar-refractivity contribution in [2.24, 2.45) is 0 Å². The van der Waals surface area contributed by atoms with Crippen LogP contribution >= 0.6 is 0 Å². The van der Waals surface area contributed by atoms with Crippen LogP contribution in [0.2, 0.25) is 13.1 Å². The molecule has 1 heterocycles. The van der Waals surface area contributed by atoms with E-state index in [2.05, 4.69) is 74.1 Å². The van der Waals surface area contributed by atoms with Crippen LogP contribution in [-0.2, 0) is 0 Å². The molecule has 2 aliphatic rings. The van der Waals surface area contributed by atoms with Gasteiger partial charge in [-0.05, 0) is 50.8 Å². The molecule has 1 saturated heterocycles. The lowest BCUT2D eigenvalue weighted by Gasteiger charge is -2.41. The maximum atomic E-state index is 4.00. The second kappa shape index (κ2) is 5.54. The third kappa shape index (κ3) is 3.02. The zero-order valence-electron chi connectivity index (χ0n) is 14.7. The van der Waals surface area contributed by atoms with Crippen molar-refractivity contribution >= 4 is 14.3 Å². The fourth-order valence-corrected chi connectivity index (χ4v) is 8.48. The normalized spacial score (nSPS) is 22.0.